The number of rotatable bonds is 7. The van der Waals surface area contributed by atoms with Crippen molar-refractivity contribution in [3.63, 3.8) is 0 Å². The number of nitrogens with one attached hydrogen (secondary N) is 2. The lowest BCUT2D eigenvalue weighted by molar-refractivity contribution is -0.130. The fraction of sp³-hybridized carbons (Fsp3) is 0.391. The van der Waals surface area contributed by atoms with Gasteiger partial charge in [-0.15, -0.1) is 0 Å². The molecule has 160 valence electrons. The number of hydrogen-bond acceptors (Lipinski definition) is 4. The Kier molecular flexibility index (Phi) is 7.54. The molecule has 0 spiro atoms. The van der Waals surface area contributed by atoms with Gasteiger partial charge in [0.2, 0.25) is 5.91 Å². The predicted molar refractivity (Wildman–Crippen MR) is 118 cm³/mol. The molecule has 3 rings (SSSR count). The van der Waals surface area contributed by atoms with Crippen LogP contribution in [0.15, 0.2) is 47.5 Å². The maximum Gasteiger partial charge on any atom is 0.242 e. The highest BCUT2D eigenvalue weighted by molar-refractivity contribution is 5.86. The second-order valence-corrected chi connectivity index (χ2v) is 7.06. The Bertz CT molecular complexity index is 898. The summed E-state index contributed by atoms with van der Waals surface area (Å²) in [4.78, 5) is 19.2. The number of methoxy groups -OCH3 is 2. The Hall–Kier alpha value is -3.22. The van der Waals surface area contributed by atoms with Crippen LogP contribution >= 0.6 is 0 Å². The molecule has 0 radical (unpaired) electrons. The van der Waals surface area contributed by atoms with E-state index in [2.05, 4.69) is 33.8 Å². The second-order valence-electron chi connectivity index (χ2n) is 7.06. The quantitative estimate of drug-likeness (QED) is 0.541. The van der Waals surface area contributed by atoms with E-state index < -0.39 is 0 Å². The Morgan fingerprint density at radius 1 is 1.10 bits per heavy atom. The van der Waals surface area contributed by atoms with Crippen LogP contribution in [0.2, 0.25) is 0 Å². The molecule has 2 N–H and O–H groups in total. The van der Waals surface area contributed by atoms with Gasteiger partial charge in [0, 0.05) is 31.3 Å². The number of amides is 1. The van der Waals surface area contributed by atoms with Crippen molar-refractivity contribution < 1.29 is 14.3 Å². The van der Waals surface area contributed by atoms with Crippen molar-refractivity contribution in [3.05, 3.63) is 59.2 Å². The Morgan fingerprint density at radius 3 is 2.63 bits per heavy atom. The summed E-state index contributed by atoms with van der Waals surface area (Å²) in [6, 6.07) is 14.0. The van der Waals surface area contributed by atoms with Gasteiger partial charge in [-0.3, -0.25) is 4.79 Å². The normalized spacial score (nSPS) is 13.4. The van der Waals surface area contributed by atoms with Crippen molar-refractivity contribution in [2.45, 2.75) is 26.4 Å². The maximum absolute atomic E-state index is 12.7. The smallest absolute Gasteiger partial charge is 0.242 e. The van der Waals surface area contributed by atoms with Gasteiger partial charge in [-0.05, 0) is 36.6 Å². The van der Waals surface area contributed by atoms with Crippen molar-refractivity contribution in [2.24, 2.45) is 4.99 Å². The van der Waals surface area contributed by atoms with Gasteiger partial charge in [-0.1, -0.05) is 24.3 Å². The summed E-state index contributed by atoms with van der Waals surface area (Å²) >= 11 is 0. The summed E-state index contributed by atoms with van der Waals surface area (Å²) in [5.74, 6) is 2.12. The second kappa shape index (κ2) is 10.5. The molecule has 0 bridgehead atoms. The van der Waals surface area contributed by atoms with Gasteiger partial charge < -0.3 is 25.0 Å². The number of fused-ring (bicyclic) bond motifs is 1. The third-order valence-electron chi connectivity index (χ3n) is 5.14. The van der Waals surface area contributed by atoms with Crippen LogP contribution in [0.3, 0.4) is 0 Å². The van der Waals surface area contributed by atoms with E-state index in [1.807, 2.05) is 36.1 Å². The standard InChI is InChI=1S/C23H30N4O3/c1-4-24-23(25-14-18-9-10-20(29-2)13-21(18)30-3)26-15-22(28)27-12-11-17-7-5-6-8-19(17)16-27/h5-10,13H,4,11-12,14-16H2,1-3H3,(H2,24,25,26). The SMILES string of the molecule is CCNC(=NCc1ccc(OC)cc1OC)NCC(=O)N1CCc2ccccc2C1. The first kappa shape index (κ1) is 21.5. The highest BCUT2D eigenvalue weighted by Gasteiger charge is 2.20. The summed E-state index contributed by atoms with van der Waals surface area (Å²) in [5.41, 5.74) is 3.50. The molecule has 7 nitrogen and oxygen atoms in total. The molecule has 1 aliphatic rings. The molecule has 0 aliphatic carbocycles. The number of aliphatic imine (C=N–C) groups is 1. The van der Waals surface area contributed by atoms with E-state index in [-0.39, 0.29) is 12.5 Å². The molecule has 0 atom stereocenters. The molecule has 1 aliphatic heterocycles. The van der Waals surface area contributed by atoms with Gasteiger partial charge in [-0.2, -0.15) is 0 Å². The van der Waals surface area contributed by atoms with Crippen LogP contribution in [0.1, 0.15) is 23.6 Å². The Morgan fingerprint density at radius 2 is 1.90 bits per heavy atom. The van der Waals surface area contributed by atoms with E-state index in [0.717, 1.165) is 30.0 Å². The van der Waals surface area contributed by atoms with E-state index in [9.17, 15) is 4.79 Å². The van der Waals surface area contributed by atoms with Gasteiger partial charge >= 0.3 is 0 Å². The summed E-state index contributed by atoms with van der Waals surface area (Å²) in [5, 5.41) is 6.34. The summed E-state index contributed by atoms with van der Waals surface area (Å²) in [7, 11) is 3.25. The minimum absolute atomic E-state index is 0.0668. The van der Waals surface area contributed by atoms with Crippen molar-refractivity contribution in [1.82, 2.24) is 15.5 Å². The number of carbonyl (C=O) groups excluding carboxylic acids is 1. The summed E-state index contributed by atoms with van der Waals surface area (Å²) in [6.07, 6.45) is 0.896. The number of carbonyl (C=O) groups is 1. The van der Waals surface area contributed by atoms with Crippen LogP contribution in [0.5, 0.6) is 11.5 Å². The lowest BCUT2D eigenvalue weighted by Gasteiger charge is -2.29. The van der Waals surface area contributed by atoms with Crippen LogP contribution in [0, 0.1) is 0 Å². The molecule has 1 heterocycles. The van der Waals surface area contributed by atoms with E-state index in [1.54, 1.807) is 14.2 Å². The van der Waals surface area contributed by atoms with E-state index in [0.29, 0.717) is 25.6 Å². The monoisotopic (exact) mass is 410 g/mol. The number of guanidine groups is 1. The zero-order valence-electron chi connectivity index (χ0n) is 17.9. The zero-order chi connectivity index (χ0) is 21.3. The van der Waals surface area contributed by atoms with Crippen molar-refractivity contribution in [2.75, 3.05) is 33.9 Å². The molecule has 0 saturated heterocycles. The number of nitrogens with zero attached hydrogens (tertiary/aromatic N) is 2. The van der Waals surface area contributed by atoms with Crippen molar-refractivity contribution in [3.8, 4) is 11.5 Å². The van der Waals surface area contributed by atoms with Crippen LogP contribution in [0.25, 0.3) is 0 Å². The molecule has 30 heavy (non-hydrogen) atoms. The lowest BCUT2D eigenvalue weighted by Crippen LogP contribution is -2.45. The van der Waals surface area contributed by atoms with E-state index in [1.165, 1.54) is 11.1 Å². The molecule has 0 unspecified atom stereocenters. The van der Waals surface area contributed by atoms with Gasteiger partial charge in [0.25, 0.3) is 0 Å². The Balaban J connectivity index is 1.60. The number of hydrogen-bond donors (Lipinski definition) is 2. The van der Waals surface area contributed by atoms with Crippen LogP contribution in [0.4, 0.5) is 0 Å². The minimum Gasteiger partial charge on any atom is -0.497 e. The molecule has 2 aromatic carbocycles. The molecule has 0 aromatic heterocycles. The molecule has 7 heteroatoms. The third-order valence-corrected chi connectivity index (χ3v) is 5.14. The molecule has 0 saturated carbocycles. The average molecular weight is 411 g/mol. The van der Waals surface area contributed by atoms with Crippen molar-refractivity contribution >= 4 is 11.9 Å². The number of benzene rings is 2. The maximum atomic E-state index is 12.7. The van der Waals surface area contributed by atoms with Gasteiger partial charge in [0.1, 0.15) is 11.5 Å². The Labute approximate surface area is 178 Å². The molecule has 0 fully saturated rings. The van der Waals surface area contributed by atoms with E-state index in [4.69, 9.17) is 9.47 Å². The fourth-order valence-electron chi connectivity index (χ4n) is 3.47. The summed E-state index contributed by atoms with van der Waals surface area (Å²) in [6.45, 7) is 4.73. The largest absolute Gasteiger partial charge is 0.497 e. The fourth-order valence-corrected chi connectivity index (χ4v) is 3.47. The molecule has 1 amide bonds. The molecule has 2 aromatic rings. The van der Waals surface area contributed by atoms with E-state index >= 15 is 0 Å². The first-order chi connectivity index (χ1) is 14.6. The minimum atomic E-state index is 0.0668. The first-order valence-corrected chi connectivity index (χ1v) is 10.2. The van der Waals surface area contributed by atoms with Crippen molar-refractivity contribution in [1.29, 1.82) is 0 Å². The topological polar surface area (TPSA) is 75.2 Å². The van der Waals surface area contributed by atoms with Crippen LogP contribution in [-0.4, -0.2) is 50.6 Å². The first-order valence-electron chi connectivity index (χ1n) is 10.2. The third kappa shape index (κ3) is 5.43. The zero-order valence-corrected chi connectivity index (χ0v) is 17.9. The van der Waals surface area contributed by atoms with Crippen LogP contribution in [-0.2, 0) is 24.3 Å². The lowest BCUT2D eigenvalue weighted by atomic mass is 10.00. The molecular weight excluding hydrogens is 380 g/mol. The number of ether oxygens (including phenoxy) is 2. The van der Waals surface area contributed by atoms with Gasteiger partial charge in [0.15, 0.2) is 5.96 Å². The van der Waals surface area contributed by atoms with Gasteiger partial charge in [0.05, 0.1) is 27.3 Å². The molecular formula is C23H30N4O3. The van der Waals surface area contributed by atoms with Crippen LogP contribution < -0.4 is 20.1 Å². The summed E-state index contributed by atoms with van der Waals surface area (Å²) < 4.78 is 10.7. The highest BCUT2D eigenvalue weighted by atomic mass is 16.5. The highest BCUT2D eigenvalue weighted by Crippen LogP contribution is 2.25. The predicted octanol–water partition coefficient (Wildman–Crippen LogP) is 2.34. The average Bonchev–Trinajstić information content (AvgIpc) is 2.80. The van der Waals surface area contributed by atoms with Gasteiger partial charge in [-0.25, -0.2) is 4.99 Å².